The third-order valence-electron chi connectivity index (χ3n) is 4.31. The van der Waals surface area contributed by atoms with Gasteiger partial charge in [0.15, 0.2) is 11.5 Å². The van der Waals surface area contributed by atoms with E-state index in [1.165, 1.54) is 26.4 Å². The van der Waals surface area contributed by atoms with Crippen LogP contribution in [0.25, 0.3) is 0 Å². The van der Waals surface area contributed by atoms with Gasteiger partial charge in [0.05, 0.1) is 14.2 Å². The number of hydrogen-bond donors (Lipinski definition) is 1. The lowest BCUT2D eigenvalue weighted by Crippen LogP contribution is -2.40. The van der Waals surface area contributed by atoms with Gasteiger partial charge < -0.3 is 24.4 Å². The monoisotopic (exact) mass is 358 g/mol. The Kier molecular flexibility index (Phi) is 6.81. The number of carbonyl (C=O) groups excluding carboxylic acids is 1. The number of halogens is 2. The highest BCUT2D eigenvalue weighted by atomic mass is 19.3. The number of nitrogens with zero attached hydrogens (tertiary/aromatic N) is 1. The summed E-state index contributed by atoms with van der Waals surface area (Å²) in [6.45, 7) is -0.768. The van der Waals surface area contributed by atoms with Gasteiger partial charge in [0.2, 0.25) is 5.75 Å². The van der Waals surface area contributed by atoms with Crippen LogP contribution in [0.1, 0.15) is 23.2 Å². The Morgan fingerprint density at radius 3 is 2.24 bits per heavy atom. The molecule has 8 heteroatoms. The van der Waals surface area contributed by atoms with Crippen LogP contribution in [0, 0.1) is 5.92 Å². The van der Waals surface area contributed by atoms with E-state index in [4.69, 9.17) is 9.47 Å². The van der Waals surface area contributed by atoms with Crippen molar-refractivity contribution in [2.45, 2.75) is 19.5 Å². The van der Waals surface area contributed by atoms with Gasteiger partial charge in [-0.3, -0.25) is 4.79 Å². The number of piperidine rings is 1. The van der Waals surface area contributed by atoms with Crippen molar-refractivity contribution in [2.75, 3.05) is 40.9 Å². The molecule has 6 nitrogen and oxygen atoms in total. The quantitative estimate of drug-likeness (QED) is 0.811. The van der Waals surface area contributed by atoms with Crippen molar-refractivity contribution in [1.29, 1.82) is 0 Å². The average molecular weight is 358 g/mol. The minimum atomic E-state index is -3.02. The molecule has 1 aromatic carbocycles. The van der Waals surface area contributed by atoms with E-state index in [-0.39, 0.29) is 23.2 Å². The van der Waals surface area contributed by atoms with Gasteiger partial charge in [-0.2, -0.15) is 8.78 Å². The van der Waals surface area contributed by atoms with E-state index < -0.39 is 6.61 Å². The standard InChI is InChI=1S/C17H24F2N2O4/c1-20-10-11-4-6-21(7-5-11)16(22)12-8-13(23-2)15(25-17(18)19)14(9-12)24-3/h8-9,11,17,20H,4-7,10H2,1-3H3. The molecule has 0 bridgehead atoms. The second kappa shape index (κ2) is 8.84. The average Bonchev–Trinajstić information content (AvgIpc) is 2.61. The molecule has 0 aromatic heterocycles. The van der Waals surface area contributed by atoms with Crippen LogP contribution < -0.4 is 19.5 Å². The van der Waals surface area contributed by atoms with Crippen LogP contribution in [0.15, 0.2) is 12.1 Å². The molecule has 1 amide bonds. The molecule has 25 heavy (non-hydrogen) atoms. The van der Waals surface area contributed by atoms with Gasteiger partial charge in [0, 0.05) is 18.7 Å². The van der Waals surface area contributed by atoms with Crippen molar-refractivity contribution in [3.63, 3.8) is 0 Å². The maximum absolute atomic E-state index is 12.7. The van der Waals surface area contributed by atoms with E-state index >= 15 is 0 Å². The van der Waals surface area contributed by atoms with Crippen LogP contribution in [0.4, 0.5) is 8.78 Å². The maximum Gasteiger partial charge on any atom is 0.387 e. The van der Waals surface area contributed by atoms with Crippen molar-refractivity contribution < 1.29 is 27.8 Å². The summed E-state index contributed by atoms with van der Waals surface area (Å²) in [5, 5.41) is 3.15. The van der Waals surface area contributed by atoms with Crippen molar-refractivity contribution in [1.82, 2.24) is 10.2 Å². The molecule has 1 fully saturated rings. The van der Waals surface area contributed by atoms with Crippen LogP contribution in [0.3, 0.4) is 0 Å². The van der Waals surface area contributed by atoms with Gasteiger partial charge in [0.1, 0.15) is 0 Å². The Morgan fingerprint density at radius 2 is 1.80 bits per heavy atom. The molecule has 0 spiro atoms. The molecule has 0 aliphatic carbocycles. The number of amides is 1. The number of carbonyl (C=O) groups is 1. The number of ether oxygens (including phenoxy) is 3. The Balaban J connectivity index is 2.20. The van der Waals surface area contributed by atoms with Gasteiger partial charge in [-0.05, 0) is 44.5 Å². The number of likely N-dealkylation sites (tertiary alicyclic amines) is 1. The SMILES string of the molecule is CNCC1CCN(C(=O)c2cc(OC)c(OC(F)F)c(OC)c2)CC1. The third-order valence-corrected chi connectivity index (χ3v) is 4.31. The molecule has 1 aromatic rings. The molecular weight excluding hydrogens is 334 g/mol. The van der Waals surface area contributed by atoms with E-state index in [0.29, 0.717) is 24.6 Å². The van der Waals surface area contributed by atoms with Crippen LogP contribution in [0.2, 0.25) is 0 Å². The lowest BCUT2D eigenvalue weighted by Gasteiger charge is -2.32. The molecule has 1 N–H and O–H groups in total. The van der Waals surface area contributed by atoms with Crippen LogP contribution in [-0.4, -0.2) is 58.3 Å². The molecule has 1 heterocycles. The zero-order valence-electron chi connectivity index (χ0n) is 14.7. The zero-order valence-corrected chi connectivity index (χ0v) is 14.7. The molecule has 1 aliphatic rings. The summed E-state index contributed by atoms with van der Waals surface area (Å²) in [5.41, 5.74) is 0.322. The Morgan fingerprint density at radius 1 is 1.24 bits per heavy atom. The van der Waals surface area contributed by atoms with E-state index in [1.54, 1.807) is 4.90 Å². The van der Waals surface area contributed by atoms with Crippen molar-refractivity contribution in [3.8, 4) is 17.2 Å². The molecular formula is C17H24F2N2O4. The molecule has 0 saturated carbocycles. The molecule has 2 rings (SSSR count). The molecule has 0 atom stereocenters. The fourth-order valence-electron chi connectivity index (χ4n) is 3.02. The number of nitrogens with one attached hydrogen (secondary N) is 1. The normalized spacial score (nSPS) is 15.4. The van der Waals surface area contributed by atoms with Crippen molar-refractivity contribution in [2.24, 2.45) is 5.92 Å². The molecule has 140 valence electrons. The number of hydrogen-bond acceptors (Lipinski definition) is 5. The Bertz CT molecular complexity index is 565. The predicted octanol–water partition coefficient (Wildman–Crippen LogP) is 2.38. The van der Waals surface area contributed by atoms with E-state index in [9.17, 15) is 13.6 Å². The highest BCUT2D eigenvalue weighted by Gasteiger charge is 2.26. The van der Waals surface area contributed by atoms with E-state index in [2.05, 4.69) is 10.1 Å². The highest BCUT2D eigenvalue weighted by molar-refractivity contribution is 5.95. The van der Waals surface area contributed by atoms with Crippen molar-refractivity contribution >= 4 is 5.91 Å². The first kappa shape index (κ1) is 19.2. The Hall–Kier alpha value is -2.09. The number of rotatable bonds is 7. The maximum atomic E-state index is 12.7. The fraction of sp³-hybridized carbons (Fsp3) is 0.588. The smallest absolute Gasteiger partial charge is 0.387 e. The summed E-state index contributed by atoms with van der Waals surface area (Å²) < 4.78 is 39.8. The predicted molar refractivity (Wildman–Crippen MR) is 88.7 cm³/mol. The first-order valence-electron chi connectivity index (χ1n) is 8.14. The minimum absolute atomic E-state index is 0.0352. The Labute approximate surface area is 146 Å². The summed E-state index contributed by atoms with van der Waals surface area (Å²) >= 11 is 0. The van der Waals surface area contributed by atoms with Gasteiger partial charge in [0.25, 0.3) is 5.91 Å². The lowest BCUT2D eigenvalue weighted by atomic mass is 9.96. The van der Waals surface area contributed by atoms with Gasteiger partial charge >= 0.3 is 6.61 Å². The highest BCUT2D eigenvalue weighted by Crippen LogP contribution is 2.40. The fourth-order valence-corrected chi connectivity index (χ4v) is 3.02. The van der Waals surface area contributed by atoms with Crippen LogP contribution in [0.5, 0.6) is 17.2 Å². The number of alkyl halides is 2. The second-order valence-electron chi connectivity index (χ2n) is 5.88. The summed E-state index contributed by atoms with van der Waals surface area (Å²) in [6.07, 6.45) is 1.85. The second-order valence-corrected chi connectivity index (χ2v) is 5.88. The first-order chi connectivity index (χ1) is 12.0. The molecule has 0 radical (unpaired) electrons. The largest absolute Gasteiger partial charge is 0.493 e. The van der Waals surface area contributed by atoms with Gasteiger partial charge in [-0.25, -0.2) is 0 Å². The minimum Gasteiger partial charge on any atom is -0.493 e. The molecule has 1 saturated heterocycles. The van der Waals surface area contributed by atoms with E-state index in [1.807, 2.05) is 7.05 Å². The zero-order chi connectivity index (χ0) is 18.4. The first-order valence-corrected chi connectivity index (χ1v) is 8.14. The van der Waals surface area contributed by atoms with Gasteiger partial charge in [-0.1, -0.05) is 0 Å². The molecule has 0 unspecified atom stereocenters. The summed E-state index contributed by atoms with van der Waals surface area (Å²) in [6, 6.07) is 2.81. The lowest BCUT2D eigenvalue weighted by molar-refractivity contribution is -0.0526. The van der Waals surface area contributed by atoms with Gasteiger partial charge in [-0.15, -0.1) is 0 Å². The van der Waals surface area contributed by atoms with Crippen LogP contribution in [-0.2, 0) is 0 Å². The topological polar surface area (TPSA) is 60.0 Å². The summed E-state index contributed by atoms with van der Waals surface area (Å²) in [5.74, 6) is 0.230. The van der Waals surface area contributed by atoms with Crippen LogP contribution >= 0.6 is 0 Å². The van der Waals surface area contributed by atoms with E-state index in [0.717, 1.165) is 19.4 Å². The number of methoxy groups -OCH3 is 2. The summed E-state index contributed by atoms with van der Waals surface area (Å²) in [4.78, 5) is 14.5. The van der Waals surface area contributed by atoms with Crippen molar-refractivity contribution in [3.05, 3.63) is 17.7 Å². The number of benzene rings is 1. The molecule has 1 aliphatic heterocycles. The summed E-state index contributed by atoms with van der Waals surface area (Å²) in [7, 11) is 4.56. The third kappa shape index (κ3) is 4.72.